The first-order chi connectivity index (χ1) is 16.3. The number of aromatic nitrogens is 2. The van der Waals surface area contributed by atoms with Crippen LogP contribution >= 0.6 is 0 Å². The minimum Gasteiger partial charge on any atom is -0.454 e. The molecule has 180 valence electrons. The number of nitrogens with zero attached hydrogens (tertiary/aromatic N) is 4. The Labute approximate surface area is 196 Å². The average Bonchev–Trinajstić information content (AvgIpc) is 3.20. The maximum absolute atomic E-state index is 13.0. The summed E-state index contributed by atoms with van der Waals surface area (Å²) < 4.78 is 39.9. The predicted octanol–water partition coefficient (Wildman–Crippen LogP) is 2.73. The molecule has 2 heterocycles. The van der Waals surface area contributed by atoms with E-state index in [2.05, 4.69) is 4.98 Å². The highest BCUT2D eigenvalue weighted by Crippen LogP contribution is 2.25. The highest BCUT2D eigenvalue weighted by atomic mass is 32.2. The van der Waals surface area contributed by atoms with Crippen molar-refractivity contribution in [1.82, 2.24) is 13.9 Å². The van der Waals surface area contributed by atoms with Crippen molar-refractivity contribution in [2.75, 3.05) is 26.3 Å². The van der Waals surface area contributed by atoms with Crippen LogP contribution in [0.2, 0.25) is 0 Å². The zero-order valence-corrected chi connectivity index (χ0v) is 19.4. The minimum absolute atomic E-state index is 0.131. The summed E-state index contributed by atoms with van der Waals surface area (Å²) in [5, 5.41) is 11.2. The Bertz CT molecular complexity index is 1330. The van der Waals surface area contributed by atoms with E-state index in [1.165, 1.54) is 34.6 Å². The van der Waals surface area contributed by atoms with Gasteiger partial charge in [0.1, 0.15) is 18.0 Å². The molecule has 34 heavy (non-hydrogen) atoms. The fourth-order valence-corrected chi connectivity index (χ4v) is 5.28. The second-order valence-electron chi connectivity index (χ2n) is 7.70. The van der Waals surface area contributed by atoms with Gasteiger partial charge in [0, 0.05) is 25.7 Å². The van der Waals surface area contributed by atoms with E-state index in [0.29, 0.717) is 36.6 Å². The van der Waals surface area contributed by atoms with Crippen LogP contribution in [0.5, 0.6) is 0 Å². The third-order valence-corrected chi connectivity index (χ3v) is 7.40. The number of morpholine rings is 1. The number of ether oxygens (including phenoxy) is 2. The zero-order chi connectivity index (χ0) is 24.3. The lowest BCUT2D eigenvalue weighted by atomic mass is 10.2. The summed E-state index contributed by atoms with van der Waals surface area (Å²) in [6.07, 6.45) is 0.768. The molecule has 1 aromatic heterocycles. The van der Waals surface area contributed by atoms with E-state index in [1.807, 2.05) is 11.5 Å². The molecule has 0 radical (unpaired) electrons. The Morgan fingerprint density at radius 1 is 1.21 bits per heavy atom. The van der Waals surface area contributed by atoms with Crippen molar-refractivity contribution in [3.05, 3.63) is 64.0 Å². The number of carbonyl (C=O) groups is 1. The SMILES string of the molecule is CCCn1c(COC(=O)c2ccccc2[N+](=O)[O-])nc2cc(S(=O)(=O)N3CCOCC3)ccc21. The summed E-state index contributed by atoms with van der Waals surface area (Å²) in [4.78, 5) is 27.7. The van der Waals surface area contributed by atoms with Crippen molar-refractivity contribution in [2.24, 2.45) is 0 Å². The molecule has 3 aromatic rings. The number of aryl methyl sites for hydroxylation is 1. The van der Waals surface area contributed by atoms with Crippen LogP contribution in [0.3, 0.4) is 0 Å². The van der Waals surface area contributed by atoms with Gasteiger partial charge in [0.2, 0.25) is 10.0 Å². The number of fused-ring (bicyclic) bond motifs is 1. The summed E-state index contributed by atoms with van der Waals surface area (Å²) in [7, 11) is -3.69. The van der Waals surface area contributed by atoms with Gasteiger partial charge in [-0.25, -0.2) is 18.2 Å². The van der Waals surface area contributed by atoms with Crippen molar-refractivity contribution in [3.63, 3.8) is 0 Å². The predicted molar refractivity (Wildman–Crippen MR) is 122 cm³/mol. The van der Waals surface area contributed by atoms with Gasteiger partial charge in [0.15, 0.2) is 0 Å². The number of carbonyl (C=O) groups excluding carboxylic acids is 1. The van der Waals surface area contributed by atoms with E-state index in [4.69, 9.17) is 9.47 Å². The Morgan fingerprint density at radius 3 is 2.65 bits per heavy atom. The molecule has 0 N–H and O–H groups in total. The molecule has 0 saturated carbocycles. The van der Waals surface area contributed by atoms with Crippen LogP contribution in [-0.2, 0) is 32.6 Å². The van der Waals surface area contributed by atoms with E-state index in [9.17, 15) is 23.3 Å². The van der Waals surface area contributed by atoms with E-state index in [1.54, 1.807) is 12.1 Å². The molecule has 11 nitrogen and oxygen atoms in total. The fourth-order valence-electron chi connectivity index (χ4n) is 3.85. The molecule has 0 unspecified atom stereocenters. The van der Waals surface area contributed by atoms with Gasteiger partial charge in [-0.2, -0.15) is 4.31 Å². The molecular formula is C22H24N4O7S. The van der Waals surface area contributed by atoms with Gasteiger partial charge < -0.3 is 14.0 Å². The molecular weight excluding hydrogens is 464 g/mol. The van der Waals surface area contributed by atoms with Gasteiger partial charge >= 0.3 is 5.97 Å². The first kappa shape index (κ1) is 23.8. The Morgan fingerprint density at radius 2 is 1.94 bits per heavy atom. The van der Waals surface area contributed by atoms with Crippen LogP contribution in [0.4, 0.5) is 5.69 Å². The standard InChI is InChI=1S/C22H24N4O7S/c1-2-9-25-20-8-7-16(34(30,31)24-10-12-32-13-11-24)14-18(20)23-21(25)15-33-22(27)17-5-3-4-6-19(17)26(28)29/h3-8,14H,2,9-13,15H2,1H3. The molecule has 2 aromatic carbocycles. The first-order valence-electron chi connectivity index (χ1n) is 10.8. The van der Waals surface area contributed by atoms with Crippen LogP contribution < -0.4 is 0 Å². The quantitative estimate of drug-likeness (QED) is 0.268. The van der Waals surface area contributed by atoms with Gasteiger partial charge in [-0.1, -0.05) is 19.1 Å². The highest BCUT2D eigenvalue weighted by Gasteiger charge is 2.27. The summed E-state index contributed by atoms with van der Waals surface area (Å²) in [5.41, 5.74) is 0.677. The molecule has 12 heteroatoms. The Balaban J connectivity index is 1.62. The summed E-state index contributed by atoms with van der Waals surface area (Å²) in [6, 6.07) is 10.3. The number of nitro groups is 1. The molecule has 1 fully saturated rings. The Kier molecular flexibility index (Phi) is 6.91. The summed E-state index contributed by atoms with van der Waals surface area (Å²) in [6.45, 7) is 3.61. The molecule has 0 aliphatic carbocycles. The molecule has 1 saturated heterocycles. The van der Waals surface area contributed by atoms with Crippen molar-refractivity contribution >= 4 is 32.7 Å². The van der Waals surface area contributed by atoms with Gasteiger partial charge in [-0.3, -0.25) is 10.1 Å². The molecule has 4 rings (SSSR count). The van der Waals surface area contributed by atoms with Crippen molar-refractivity contribution < 1.29 is 27.6 Å². The molecule has 1 aliphatic rings. The third-order valence-electron chi connectivity index (χ3n) is 5.51. The fraction of sp³-hybridized carbons (Fsp3) is 0.364. The second kappa shape index (κ2) is 9.87. The third kappa shape index (κ3) is 4.65. The number of sulfonamides is 1. The molecule has 0 atom stereocenters. The maximum atomic E-state index is 13.0. The van der Waals surface area contributed by atoms with Crippen molar-refractivity contribution in [3.8, 4) is 0 Å². The summed E-state index contributed by atoms with van der Waals surface area (Å²) >= 11 is 0. The maximum Gasteiger partial charge on any atom is 0.345 e. The number of nitro benzene ring substituents is 1. The lowest BCUT2D eigenvalue weighted by Crippen LogP contribution is -2.40. The van der Waals surface area contributed by atoms with Crippen LogP contribution in [0.1, 0.15) is 29.5 Å². The van der Waals surface area contributed by atoms with E-state index < -0.39 is 20.9 Å². The van der Waals surface area contributed by atoms with Gasteiger partial charge in [-0.15, -0.1) is 0 Å². The zero-order valence-electron chi connectivity index (χ0n) is 18.5. The lowest BCUT2D eigenvalue weighted by Gasteiger charge is -2.26. The van der Waals surface area contributed by atoms with Crippen LogP contribution in [0.15, 0.2) is 47.4 Å². The molecule has 0 spiro atoms. The van der Waals surface area contributed by atoms with Crippen LogP contribution in [-0.4, -0.2) is 59.5 Å². The van der Waals surface area contributed by atoms with Gasteiger partial charge in [-0.05, 0) is 30.7 Å². The highest BCUT2D eigenvalue weighted by molar-refractivity contribution is 7.89. The monoisotopic (exact) mass is 488 g/mol. The lowest BCUT2D eigenvalue weighted by molar-refractivity contribution is -0.385. The number of benzene rings is 2. The molecule has 0 amide bonds. The van der Waals surface area contributed by atoms with Crippen molar-refractivity contribution in [1.29, 1.82) is 0 Å². The number of esters is 1. The minimum atomic E-state index is -3.69. The van der Waals surface area contributed by atoms with Crippen LogP contribution in [0.25, 0.3) is 11.0 Å². The molecule has 0 bridgehead atoms. The largest absolute Gasteiger partial charge is 0.454 e. The smallest absolute Gasteiger partial charge is 0.345 e. The van der Waals surface area contributed by atoms with Crippen LogP contribution in [0, 0.1) is 10.1 Å². The number of hydrogen-bond acceptors (Lipinski definition) is 8. The van der Waals surface area contributed by atoms with Crippen molar-refractivity contribution in [2.45, 2.75) is 31.4 Å². The Hall–Kier alpha value is -3.35. The molecule has 1 aliphatic heterocycles. The second-order valence-corrected chi connectivity index (χ2v) is 9.63. The average molecular weight is 489 g/mol. The van der Waals surface area contributed by atoms with Gasteiger partial charge in [0.25, 0.3) is 5.69 Å². The number of hydrogen-bond donors (Lipinski definition) is 0. The summed E-state index contributed by atoms with van der Waals surface area (Å²) in [5.74, 6) is -0.414. The number of imidazole rings is 1. The van der Waals surface area contributed by atoms with E-state index in [0.717, 1.165) is 6.42 Å². The number of rotatable bonds is 8. The number of para-hydroxylation sites is 1. The van der Waals surface area contributed by atoms with Gasteiger partial charge in [0.05, 0.1) is 34.1 Å². The normalized spacial score (nSPS) is 14.9. The first-order valence-corrected chi connectivity index (χ1v) is 12.2. The topological polar surface area (TPSA) is 134 Å². The van der Waals surface area contributed by atoms with E-state index in [-0.39, 0.29) is 35.8 Å². The van der Waals surface area contributed by atoms with E-state index >= 15 is 0 Å².